The van der Waals surface area contributed by atoms with Crippen LogP contribution in [0.1, 0.15) is 32.6 Å². The smallest absolute Gasteiger partial charge is 0.246 e. The van der Waals surface area contributed by atoms with Crippen LogP contribution in [-0.4, -0.2) is 35.8 Å². The van der Waals surface area contributed by atoms with Crippen molar-refractivity contribution >= 4 is 29.1 Å². The monoisotopic (exact) mass is 320 g/mol. The van der Waals surface area contributed by atoms with Crippen molar-refractivity contribution in [2.24, 2.45) is 5.92 Å². The van der Waals surface area contributed by atoms with Crippen molar-refractivity contribution in [3.8, 4) is 0 Å². The van der Waals surface area contributed by atoms with E-state index in [4.69, 9.17) is 11.6 Å². The molecule has 1 aromatic rings. The molecule has 0 spiro atoms. The van der Waals surface area contributed by atoms with E-state index >= 15 is 0 Å². The van der Waals surface area contributed by atoms with Gasteiger partial charge in [0.15, 0.2) is 0 Å². The summed E-state index contributed by atoms with van der Waals surface area (Å²) in [7, 11) is 0. The van der Waals surface area contributed by atoms with Crippen LogP contribution in [-0.2, 0) is 9.59 Å². The molecule has 22 heavy (non-hydrogen) atoms. The topological polar surface area (TPSA) is 40.6 Å². The first-order valence-electron chi connectivity index (χ1n) is 7.92. The lowest BCUT2D eigenvalue weighted by Crippen LogP contribution is -2.58. The number of amides is 2. The molecule has 0 N–H and O–H groups in total. The fourth-order valence-electron chi connectivity index (χ4n) is 3.45. The van der Waals surface area contributed by atoms with Crippen LogP contribution in [0.25, 0.3) is 0 Å². The van der Waals surface area contributed by atoms with Crippen molar-refractivity contribution < 1.29 is 9.59 Å². The van der Waals surface area contributed by atoms with Gasteiger partial charge in [-0.1, -0.05) is 30.5 Å². The molecule has 4 nitrogen and oxygen atoms in total. The van der Waals surface area contributed by atoms with Gasteiger partial charge in [-0.3, -0.25) is 9.59 Å². The van der Waals surface area contributed by atoms with E-state index in [1.54, 1.807) is 21.9 Å². The van der Waals surface area contributed by atoms with Gasteiger partial charge in [-0.2, -0.15) is 0 Å². The predicted octanol–water partition coefficient (Wildman–Crippen LogP) is 3.09. The number of piperazine rings is 1. The Bertz CT molecular complexity index is 584. The molecule has 1 saturated carbocycles. The van der Waals surface area contributed by atoms with Crippen molar-refractivity contribution in [2.45, 2.75) is 38.6 Å². The van der Waals surface area contributed by atoms with E-state index in [1.165, 1.54) is 0 Å². The zero-order valence-electron chi connectivity index (χ0n) is 12.8. The summed E-state index contributed by atoms with van der Waals surface area (Å²) in [6.07, 6.45) is 4.19. The van der Waals surface area contributed by atoms with Crippen molar-refractivity contribution in [3.05, 3.63) is 29.3 Å². The standard InChI is InChI=1S/C17H21ClN2O2/c1-12-10-20(15-8-4-7-14(18)9-15)16(21)11-19(12)17(22)13-5-2-3-6-13/h4,7-9,12-13H,2-3,5-6,10-11H2,1H3/t12-/m0/s1. The number of nitrogens with zero attached hydrogens (tertiary/aromatic N) is 2. The van der Waals surface area contributed by atoms with Crippen LogP contribution in [0, 0.1) is 5.92 Å². The second kappa shape index (κ2) is 6.29. The predicted molar refractivity (Wildman–Crippen MR) is 86.9 cm³/mol. The third-order valence-corrected chi connectivity index (χ3v) is 4.93. The highest BCUT2D eigenvalue weighted by Gasteiger charge is 2.36. The third kappa shape index (κ3) is 2.98. The first kappa shape index (κ1) is 15.3. The minimum atomic E-state index is -0.0355. The Morgan fingerprint density at radius 3 is 2.68 bits per heavy atom. The van der Waals surface area contributed by atoms with E-state index in [2.05, 4.69) is 0 Å². The van der Waals surface area contributed by atoms with Crippen molar-refractivity contribution in [2.75, 3.05) is 18.0 Å². The Morgan fingerprint density at radius 1 is 1.27 bits per heavy atom. The van der Waals surface area contributed by atoms with Crippen molar-refractivity contribution in [1.29, 1.82) is 0 Å². The van der Waals surface area contributed by atoms with Gasteiger partial charge in [0.25, 0.3) is 0 Å². The number of hydrogen-bond donors (Lipinski definition) is 0. The maximum atomic E-state index is 12.6. The van der Waals surface area contributed by atoms with Gasteiger partial charge in [-0.25, -0.2) is 0 Å². The number of halogens is 1. The summed E-state index contributed by atoms with van der Waals surface area (Å²) in [5.41, 5.74) is 0.803. The molecule has 1 atom stereocenters. The van der Waals surface area contributed by atoms with Gasteiger partial charge < -0.3 is 9.80 Å². The summed E-state index contributed by atoms with van der Waals surface area (Å²) in [6, 6.07) is 7.33. The fraction of sp³-hybridized carbons (Fsp3) is 0.529. The fourth-order valence-corrected chi connectivity index (χ4v) is 3.63. The molecule has 0 unspecified atom stereocenters. The molecule has 1 aromatic carbocycles. The lowest BCUT2D eigenvalue weighted by Gasteiger charge is -2.40. The van der Waals surface area contributed by atoms with Gasteiger partial charge in [0.1, 0.15) is 6.54 Å². The molecule has 2 aliphatic rings. The van der Waals surface area contributed by atoms with Gasteiger partial charge in [0, 0.05) is 29.2 Å². The maximum absolute atomic E-state index is 12.6. The molecule has 2 fully saturated rings. The molecule has 3 rings (SSSR count). The van der Waals surface area contributed by atoms with Crippen LogP contribution >= 0.6 is 11.6 Å². The molecule has 1 saturated heterocycles. The van der Waals surface area contributed by atoms with Crippen LogP contribution in [0.3, 0.4) is 0 Å². The quantitative estimate of drug-likeness (QED) is 0.840. The molecular formula is C17H21ClN2O2. The largest absolute Gasteiger partial charge is 0.329 e. The van der Waals surface area contributed by atoms with Crippen molar-refractivity contribution in [3.63, 3.8) is 0 Å². The Kier molecular flexibility index (Phi) is 4.39. The van der Waals surface area contributed by atoms with E-state index in [0.717, 1.165) is 31.4 Å². The minimum Gasteiger partial charge on any atom is -0.329 e. The Morgan fingerprint density at radius 2 is 2.00 bits per heavy atom. The number of carbonyl (C=O) groups is 2. The summed E-state index contributed by atoms with van der Waals surface area (Å²) in [5, 5.41) is 0.613. The molecule has 118 valence electrons. The summed E-state index contributed by atoms with van der Waals surface area (Å²) in [5.74, 6) is 0.240. The first-order chi connectivity index (χ1) is 10.6. The highest BCUT2D eigenvalue weighted by Crippen LogP contribution is 2.29. The highest BCUT2D eigenvalue weighted by molar-refractivity contribution is 6.30. The van der Waals surface area contributed by atoms with Crippen LogP contribution in [0.15, 0.2) is 24.3 Å². The SMILES string of the molecule is C[C@H]1CN(c2cccc(Cl)c2)C(=O)CN1C(=O)C1CCCC1. The molecule has 0 aromatic heterocycles. The average Bonchev–Trinajstić information content (AvgIpc) is 3.03. The van der Waals surface area contributed by atoms with E-state index in [0.29, 0.717) is 11.6 Å². The minimum absolute atomic E-state index is 0.0322. The van der Waals surface area contributed by atoms with E-state index < -0.39 is 0 Å². The molecule has 1 aliphatic heterocycles. The Labute approximate surface area is 136 Å². The summed E-state index contributed by atoms with van der Waals surface area (Å²) in [4.78, 5) is 28.6. The molecule has 5 heteroatoms. The number of benzene rings is 1. The average molecular weight is 321 g/mol. The van der Waals surface area contributed by atoms with E-state index in [1.807, 2.05) is 19.1 Å². The van der Waals surface area contributed by atoms with Gasteiger partial charge in [0.2, 0.25) is 11.8 Å². The molecule has 1 aliphatic carbocycles. The molecular weight excluding hydrogens is 300 g/mol. The summed E-state index contributed by atoms with van der Waals surface area (Å²) < 4.78 is 0. The molecule has 1 heterocycles. The van der Waals surface area contributed by atoms with E-state index in [9.17, 15) is 9.59 Å². The first-order valence-corrected chi connectivity index (χ1v) is 8.30. The Hall–Kier alpha value is -1.55. The highest BCUT2D eigenvalue weighted by atomic mass is 35.5. The normalized spacial score (nSPS) is 23.2. The molecule has 0 radical (unpaired) electrons. The van der Waals surface area contributed by atoms with Crippen LogP contribution < -0.4 is 4.90 Å². The summed E-state index contributed by atoms with van der Waals surface area (Å²) in [6.45, 7) is 2.71. The molecule has 2 amide bonds. The van der Waals surface area contributed by atoms with Crippen LogP contribution in [0.5, 0.6) is 0 Å². The van der Waals surface area contributed by atoms with Gasteiger partial charge in [0.05, 0.1) is 0 Å². The number of anilines is 1. The number of carbonyl (C=O) groups excluding carboxylic acids is 2. The molecule has 0 bridgehead atoms. The van der Waals surface area contributed by atoms with Gasteiger partial charge in [-0.05, 0) is 38.0 Å². The second-order valence-corrected chi connectivity index (χ2v) is 6.72. The second-order valence-electron chi connectivity index (χ2n) is 6.28. The van der Waals surface area contributed by atoms with Gasteiger partial charge in [-0.15, -0.1) is 0 Å². The maximum Gasteiger partial charge on any atom is 0.246 e. The lowest BCUT2D eigenvalue weighted by atomic mass is 10.0. The van der Waals surface area contributed by atoms with Crippen LogP contribution in [0.4, 0.5) is 5.69 Å². The van der Waals surface area contributed by atoms with Crippen molar-refractivity contribution in [1.82, 2.24) is 4.90 Å². The number of hydrogen-bond acceptors (Lipinski definition) is 2. The Balaban J connectivity index is 1.73. The zero-order chi connectivity index (χ0) is 15.7. The van der Waals surface area contributed by atoms with Gasteiger partial charge >= 0.3 is 0 Å². The van der Waals surface area contributed by atoms with E-state index in [-0.39, 0.29) is 30.3 Å². The number of rotatable bonds is 2. The van der Waals surface area contributed by atoms with Crippen LogP contribution in [0.2, 0.25) is 5.02 Å². The lowest BCUT2D eigenvalue weighted by molar-refractivity contribution is -0.142. The summed E-state index contributed by atoms with van der Waals surface area (Å²) >= 11 is 6.01. The zero-order valence-corrected chi connectivity index (χ0v) is 13.6. The third-order valence-electron chi connectivity index (χ3n) is 4.69.